The summed E-state index contributed by atoms with van der Waals surface area (Å²) in [6, 6.07) is 5.68. The number of morpholine rings is 1. The van der Waals surface area contributed by atoms with Gasteiger partial charge in [0.15, 0.2) is 6.04 Å². The van der Waals surface area contributed by atoms with Crippen LogP contribution < -0.4 is 14.4 Å². The molecule has 156 valence electrons. The number of aryl methyl sites for hydroxylation is 1. The zero-order valence-corrected chi connectivity index (χ0v) is 18.1. The van der Waals surface area contributed by atoms with Crippen LogP contribution in [0, 0.1) is 6.92 Å². The SMILES string of the molecule is COc1ccc([C@H](c2sc3nc(C)nn3c2O)[NH+]2C[C@@H](C)O[C@H](C)C2)c(OC)c1. The number of benzene rings is 1. The first-order valence-electron chi connectivity index (χ1n) is 9.68. The van der Waals surface area contributed by atoms with Gasteiger partial charge in [-0.2, -0.15) is 4.52 Å². The van der Waals surface area contributed by atoms with Gasteiger partial charge < -0.3 is 24.2 Å². The Morgan fingerprint density at radius 2 is 1.97 bits per heavy atom. The van der Waals surface area contributed by atoms with Crippen LogP contribution in [0.1, 0.15) is 36.2 Å². The fourth-order valence-electron chi connectivity index (χ4n) is 4.19. The quantitative estimate of drug-likeness (QED) is 0.654. The van der Waals surface area contributed by atoms with Crippen LogP contribution in [-0.4, -0.2) is 59.2 Å². The van der Waals surface area contributed by atoms with Gasteiger partial charge in [0.1, 0.15) is 47.5 Å². The second-order valence-corrected chi connectivity index (χ2v) is 8.52. The molecule has 3 aromatic rings. The van der Waals surface area contributed by atoms with E-state index in [-0.39, 0.29) is 24.1 Å². The molecule has 0 unspecified atom stereocenters. The second-order valence-electron chi connectivity index (χ2n) is 7.51. The van der Waals surface area contributed by atoms with Gasteiger partial charge in [-0.15, -0.1) is 5.10 Å². The Labute approximate surface area is 173 Å². The summed E-state index contributed by atoms with van der Waals surface area (Å²) >= 11 is 1.46. The van der Waals surface area contributed by atoms with E-state index in [0.29, 0.717) is 10.8 Å². The summed E-state index contributed by atoms with van der Waals surface area (Å²) in [5, 5.41) is 15.4. The van der Waals surface area contributed by atoms with E-state index in [1.807, 2.05) is 25.1 Å². The monoisotopic (exact) mass is 419 g/mol. The van der Waals surface area contributed by atoms with Gasteiger partial charge in [0.05, 0.1) is 19.8 Å². The molecule has 0 saturated carbocycles. The summed E-state index contributed by atoms with van der Waals surface area (Å²) in [7, 11) is 3.29. The summed E-state index contributed by atoms with van der Waals surface area (Å²) in [5.74, 6) is 2.22. The molecule has 1 fully saturated rings. The van der Waals surface area contributed by atoms with Gasteiger partial charge in [0.2, 0.25) is 10.8 Å². The molecule has 1 aromatic carbocycles. The maximum absolute atomic E-state index is 11.0. The zero-order chi connectivity index (χ0) is 20.7. The molecule has 3 atom stereocenters. The number of rotatable bonds is 5. The third kappa shape index (κ3) is 3.65. The van der Waals surface area contributed by atoms with Crippen LogP contribution in [0.2, 0.25) is 0 Å². The van der Waals surface area contributed by atoms with Crippen molar-refractivity contribution in [2.45, 2.75) is 39.0 Å². The van der Waals surface area contributed by atoms with Crippen LogP contribution in [0.15, 0.2) is 18.2 Å². The van der Waals surface area contributed by atoms with E-state index in [1.165, 1.54) is 20.8 Å². The Kier molecular flexibility index (Phi) is 5.37. The van der Waals surface area contributed by atoms with Crippen LogP contribution >= 0.6 is 11.3 Å². The predicted molar refractivity (Wildman–Crippen MR) is 109 cm³/mol. The highest BCUT2D eigenvalue weighted by Gasteiger charge is 2.39. The highest BCUT2D eigenvalue weighted by molar-refractivity contribution is 7.17. The molecule has 0 aliphatic carbocycles. The van der Waals surface area contributed by atoms with Crippen molar-refractivity contribution in [3.8, 4) is 17.4 Å². The largest absolute Gasteiger partial charge is 0.497 e. The molecule has 0 radical (unpaired) electrons. The van der Waals surface area contributed by atoms with Gasteiger partial charge >= 0.3 is 0 Å². The van der Waals surface area contributed by atoms with Crippen molar-refractivity contribution in [1.29, 1.82) is 0 Å². The molecule has 2 aromatic heterocycles. The third-order valence-corrected chi connectivity index (χ3v) is 6.38. The normalized spacial score (nSPS) is 23.3. The van der Waals surface area contributed by atoms with E-state index < -0.39 is 0 Å². The summed E-state index contributed by atoms with van der Waals surface area (Å²) in [6.07, 6.45) is 0.235. The maximum atomic E-state index is 11.0. The number of aromatic hydroxyl groups is 1. The summed E-state index contributed by atoms with van der Waals surface area (Å²) in [6.45, 7) is 7.62. The predicted octanol–water partition coefficient (Wildman–Crippen LogP) is 1.60. The molecule has 3 heterocycles. The number of nitrogens with zero attached hydrogens (tertiary/aromatic N) is 3. The molecular formula is C20H27N4O4S+. The van der Waals surface area contributed by atoms with Crippen LogP contribution in [0.5, 0.6) is 17.4 Å². The summed E-state index contributed by atoms with van der Waals surface area (Å²) in [4.78, 5) is 7.24. The Morgan fingerprint density at radius 3 is 2.59 bits per heavy atom. The zero-order valence-electron chi connectivity index (χ0n) is 17.3. The second kappa shape index (κ2) is 7.81. The van der Waals surface area contributed by atoms with E-state index in [4.69, 9.17) is 14.2 Å². The van der Waals surface area contributed by atoms with Crippen molar-refractivity contribution in [1.82, 2.24) is 14.6 Å². The molecule has 0 spiro atoms. The van der Waals surface area contributed by atoms with E-state index >= 15 is 0 Å². The number of hydrogen-bond donors (Lipinski definition) is 2. The first-order chi connectivity index (χ1) is 13.9. The van der Waals surface area contributed by atoms with Crippen molar-refractivity contribution in [2.75, 3.05) is 27.3 Å². The van der Waals surface area contributed by atoms with Crippen LogP contribution in [0.25, 0.3) is 4.96 Å². The number of thiazole rings is 1. The van der Waals surface area contributed by atoms with Crippen molar-refractivity contribution < 1.29 is 24.2 Å². The lowest BCUT2D eigenvalue weighted by molar-refractivity contribution is -0.939. The molecule has 9 heteroatoms. The lowest BCUT2D eigenvalue weighted by atomic mass is 10.00. The number of methoxy groups -OCH3 is 2. The third-order valence-electron chi connectivity index (χ3n) is 5.29. The lowest BCUT2D eigenvalue weighted by Gasteiger charge is -2.37. The standard InChI is InChI=1S/C20H26N4O4S/c1-11-9-23(10-12(2)28-11)17(15-7-6-14(26-4)8-16(15)27-5)18-19(25)24-20(29-18)21-13(3)22-24/h6-8,11-12,17,25H,9-10H2,1-5H3/p+1/t11-,12-,17-/m1/s1. The molecule has 0 bridgehead atoms. The topological polar surface area (TPSA) is 82.6 Å². The van der Waals surface area contributed by atoms with Gasteiger partial charge in [-0.25, -0.2) is 4.98 Å². The van der Waals surface area contributed by atoms with Gasteiger partial charge in [-0.3, -0.25) is 0 Å². The van der Waals surface area contributed by atoms with E-state index in [0.717, 1.165) is 35.0 Å². The van der Waals surface area contributed by atoms with Gasteiger partial charge in [-0.1, -0.05) is 11.3 Å². The average molecular weight is 420 g/mol. The van der Waals surface area contributed by atoms with Crippen LogP contribution in [0.3, 0.4) is 0 Å². The summed E-state index contributed by atoms with van der Waals surface area (Å²) < 4.78 is 18.6. The molecule has 2 N–H and O–H groups in total. The number of ether oxygens (including phenoxy) is 3. The van der Waals surface area contributed by atoms with Crippen molar-refractivity contribution in [2.24, 2.45) is 0 Å². The molecule has 29 heavy (non-hydrogen) atoms. The first-order valence-corrected chi connectivity index (χ1v) is 10.5. The minimum Gasteiger partial charge on any atom is -0.497 e. The number of hydrogen-bond acceptors (Lipinski definition) is 7. The molecular weight excluding hydrogens is 392 g/mol. The lowest BCUT2D eigenvalue weighted by Crippen LogP contribution is -3.15. The fraction of sp³-hybridized carbons (Fsp3) is 0.500. The highest BCUT2D eigenvalue weighted by Crippen LogP contribution is 2.39. The van der Waals surface area contributed by atoms with E-state index in [1.54, 1.807) is 14.2 Å². The van der Waals surface area contributed by atoms with Crippen molar-refractivity contribution in [3.05, 3.63) is 34.5 Å². The summed E-state index contributed by atoms with van der Waals surface area (Å²) in [5.41, 5.74) is 0.987. The molecule has 4 rings (SSSR count). The van der Waals surface area contributed by atoms with Gasteiger partial charge in [0.25, 0.3) is 0 Å². The minimum atomic E-state index is -0.140. The molecule has 0 amide bonds. The smallest absolute Gasteiger partial charge is 0.235 e. The number of quaternary nitrogens is 1. The number of nitrogens with one attached hydrogen (secondary N) is 1. The van der Waals surface area contributed by atoms with Crippen molar-refractivity contribution >= 4 is 16.3 Å². The molecule has 1 saturated heterocycles. The van der Waals surface area contributed by atoms with E-state index in [9.17, 15) is 5.11 Å². The maximum Gasteiger partial charge on any atom is 0.235 e. The number of aromatic nitrogens is 3. The highest BCUT2D eigenvalue weighted by atomic mass is 32.1. The van der Waals surface area contributed by atoms with Crippen molar-refractivity contribution in [3.63, 3.8) is 0 Å². The van der Waals surface area contributed by atoms with E-state index in [2.05, 4.69) is 23.9 Å². The average Bonchev–Trinajstić information content (AvgIpc) is 3.19. The first kappa shape index (κ1) is 19.9. The van der Waals surface area contributed by atoms with Crippen LogP contribution in [-0.2, 0) is 4.74 Å². The van der Waals surface area contributed by atoms with Gasteiger partial charge in [-0.05, 0) is 32.9 Å². The Hall–Kier alpha value is -2.36. The molecule has 1 aliphatic rings. The van der Waals surface area contributed by atoms with Crippen LogP contribution in [0.4, 0.5) is 0 Å². The Balaban J connectivity index is 1.87. The Morgan fingerprint density at radius 1 is 1.24 bits per heavy atom. The fourth-order valence-corrected chi connectivity index (χ4v) is 5.37. The number of fused-ring (bicyclic) bond motifs is 1. The Bertz CT molecular complexity index is 1010. The molecule has 8 nitrogen and oxygen atoms in total. The van der Waals surface area contributed by atoms with Gasteiger partial charge in [0, 0.05) is 6.07 Å². The minimum absolute atomic E-state index is 0.118. The molecule has 1 aliphatic heterocycles.